The molecule has 0 N–H and O–H groups in total. The number of hydrogen-bond donors (Lipinski definition) is 0. The largest absolute Gasteiger partial charge is 0.365 e. The summed E-state index contributed by atoms with van der Waals surface area (Å²) in [7, 11) is 0. The molecule has 1 spiro atoms. The van der Waals surface area contributed by atoms with Gasteiger partial charge in [-0.25, -0.2) is 4.68 Å². The Bertz CT molecular complexity index is 984. The van der Waals surface area contributed by atoms with Crippen LogP contribution in [0.4, 0.5) is 0 Å². The van der Waals surface area contributed by atoms with Gasteiger partial charge in [0.15, 0.2) is 0 Å². The molecule has 1 fully saturated rings. The third-order valence-electron chi connectivity index (χ3n) is 6.50. The van der Waals surface area contributed by atoms with Crippen molar-refractivity contribution in [3.63, 3.8) is 0 Å². The second-order valence-electron chi connectivity index (χ2n) is 8.11. The van der Waals surface area contributed by atoms with Gasteiger partial charge in [0.2, 0.25) is 0 Å². The highest BCUT2D eigenvalue weighted by Gasteiger charge is 2.42. The first-order chi connectivity index (χ1) is 13.7. The molecule has 28 heavy (non-hydrogen) atoms. The van der Waals surface area contributed by atoms with Crippen molar-refractivity contribution in [3.05, 3.63) is 82.7 Å². The molecular weight excluding hydrogens is 346 g/mol. The standard InChI is InChI=1S/C24H27N3O/c1-18-22(19(2)27(25-18)21-9-4-3-5-10-21)16-26-14-12-24(13-15-26)23-11-7-6-8-20(23)17-28-24/h3-11H,12-17H2,1-2H3. The molecule has 4 nitrogen and oxygen atoms in total. The molecule has 2 aromatic carbocycles. The van der Waals surface area contributed by atoms with Crippen molar-refractivity contribution in [2.45, 2.75) is 45.4 Å². The van der Waals surface area contributed by atoms with Gasteiger partial charge in [0.05, 0.1) is 23.6 Å². The molecule has 0 saturated carbocycles. The molecule has 0 bridgehead atoms. The van der Waals surface area contributed by atoms with Gasteiger partial charge in [-0.05, 0) is 49.9 Å². The predicted octanol–water partition coefficient (Wildman–Crippen LogP) is 4.51. The van der Waals surface area contributed by atoms with Gasteiger partial charge in [0.1, 0.15) is 0 Å². The number of fused-ring (bicyclic) bond motifs is 2. The zero-order valence-corrected chi connectivity index (χ0v) is 16.7. The fourth-order valence-electron chi connectivity index (χ4n) is 4.82. The van der Waals surface area contributed by atoms with Crippen molar-refractivity contribution >= 4 is 0 Å². The van der Waals surface area contributed by atoms with Gasteiger partial charge in [-0.15, -0.1) is 0 Å². The number of benzene rings is 2. The van der Waals surface area contributed by atoms with Gasteiger partial charge in [0.25, 0.3) is 0 Å². The Balaban J connectivity index is 1.32. The summed E-state index contributed by atoms with van der Waals surface area (Å²) in [5, 5.41) is 4.81. The average Bonchev–Trinajstić information content (AvgIpc) is 3.23. The number of nitrogens with zero attached hydrogens (tertiary/aromatic N) is 3. The van der Waals surface area contributed by atoms with E-state index in [2.05, 4.69) is 72.0 Å². The normalized spacial score (nSPS) is 18.5. The molecular formula is C24H27N3O. The van der Waals surface area contributed by atoms with E-state index in [0.29, 0.717) is 0 Å². The maximum absolute atomic E-state index is 6.32. The van der Waals surface area contributed by atoms with Crippen LogP contribution in [0.25, 0.3) is 5.69 Å². The van der Waals surface area contributed by atoms with Crippen LogP contribution >= 0.6 is 0 Å². The quantitative estimate of drug-likeness (QED) is 0.677. The van der Waals surface area contributed by atoms with E-state index in [1.165, 1.54) is 22.4 Å². The number of aryl methyl sites for hydroxylation is 1. The van der Waals surface area contributed by atoms with E-state index in [-0.39, 0.29) is 5.60 Å². The van der Waals surface area contributed by atoms with E-state index in [4.69, 9.17) is 9.84 Å². The third kappa shape index (κ3) is 2.88. The highest BCUT2D eigenvalue weighted by molar-refractivity contribution is 5.38. The summed E-state index contributed by atoms with van der Waals surface area (Å²) in [6, 6.07) is 19.1. The number of para-hydroxylation sites is 1. The average molecular weight is 374 g/mol. The molecule has 3 heterocycles. The van der Waals surface area contributed by atoms with Crippen LogP contribution < -0.4 is 0 Å². The lowest BCUT2D eigenvalue weighted by molar-refractivity contribution is -0.0799. The van der Waals surface area contributed by atoms with Gasteiger partial charge >= 0.3 is 0 Å². The van der Waals surface area contributed by atoms with Crippen LogP contribution in [0, 0.1) is 13.8 Å². The number of rotatable bonds is 3. The maximum atomic E-state index is 6.32. The summed E-state index contributed by atoms with van der Waals surface area (Å²) in [5.41, 5.74) is 7.57. The molecule has 1 saturated heterocycles. The molecule has 0 atom stereocenters. The zero-order valence-electron chi connectivity index (χ0n) is 16.7. The highest BCUT2D eigenvalue weighted by Crippen LogP contribution is 2.44. The first-order valence-electron chi connectivity index (χ1n) is 10.2. The minimum Gasteiger partial charge on any atom is -0.365 e. The monoisotopic (exact) mass is 373 g/mol. The SMILES string of the molecule is Cc1nn(-c2ccccc2)c(C)c1CN1CCC2(CC1)OCc1ccccc12. The third-order valence-corrected chi connectivity index (χ3v) is 6.50. The molecule has 3 aromatic rings. The molecule has 2 aliphatic heterocycles. The lowest BCUT2D eigenvalue weighted by atomic mass is 9.83. The topological polar surface area (TPSA) is 30.3 Å². The Hall–Kier alpha value is -2.43. The summed E-state index contributed by atoms with van der Waals surface area (Å²) in [6.07, 6.45) is 2.13. The summed E-state index contributed by atoms with van der Waals surface area (Å²) in [5.74, 6) is 0. The summed E-state index contributed by atoms with van der Waals surface area (Å²) < 4.78 is 8.39. The molecule has 1 aromatic heterocycles. The first-order valence-corrected chi connectivity index (χ1v) is 10.2. The van der Waals surface area contributed by atoms with Crippen LogP contribution in [0.5, 0.6) is 0 Å². The van der Waals surface area contributed by atoms with Crippen molar-refractivity contribution < 1.29 is 4.74 Å². The second kappa shape index (κ2) is 6.87. The number of ether oxygens (including phenoxy) is 1. The van der Waals surface area contributed by atoms with E-state index >= 15 is 0 Å². The fourth-order valence-corrected chi connectivity index (χ4v) is 4.82. The van der Waals surface area contributed by atoms with Crippen LogP contribution in [0.1, 0.15) is 40.9 Å². The van der Waals surface area contributed by atoms with Gasteiger partial charge < -0.3 is 4.74 Å². The minimum absolute atomic E-state index is 0.0641. The van der Waals surface area contributed by atoms with E-state index in [1.54, 1.807) is 0 Å². The van der Waals surface area contributed by atoms with Crippen LogP contribution in [-0.4, -0.2) is 27.8 Å². The first kappa shape index (κ1) is 17.7. The van der Waals surface area contributed by atoms with Crippen molar-refractivity contribution in [2.75, 3.05) is 13.1 Å². The summed E-state index contributed by atoms with van der Waals surface area (Å²) in [4.78, 5) is 2.56. The summed E-state index contributed by atoms with van der Waals surface area (Å²) in [6.45, 7) is 8.15. The highest BCUT2D eigenvalue weighted by atomic mass is 16.5. The van der Waals surface area contributed by atoms with Crippen LogP contribution in [0.3, 0.4) is 0 Å². The molecule has 0 unspecified atom stereocenters. The molecule has 0 aliphatic carbocycles. The zero-order chi connectivity index (χ0) is 19.1. The lowest BCUT2D eigenvalue weighted by Gasteiger charge is -2.39. The number of aromatic nitrogens is 2. The Morgan fingerprint density at radius 2 is 1.68 bits per heavy atom. The molecule has 4 heteroatoms. The molecule has 0 radical (unpaired) electrons. The van der Waals surface area contributed by atoms with E-state index in [0.717, 1.165) is 50.5 Å². The summed E-state index contributed by atoms with van der Waals surface area (Å²) >= 11 is 0. The maximum Gasteiger partial charge on any atom is 0.0963 e. The second-order valence-corrected chi connectivity index (χ2v) is 8.11. The van der Waals surface area contributed by atoms with E-state index in [9.17, 15) is 0 Å². The van der Waals surface area contributed by atoms with Crippen molar-refractivity contribution in [3.8, 4) is 5.69 Å². The Morgan fingerprint density at radius 3 is 2.46 bits per heavy atom. The fraction of sp³-hybridized carbons (Fsp3) is 0.375. The van der Waals surface area contributed by atoms with Gasteiger partial charge in [0, 0.05) is 30.9 Å². The van der Waals surface area contributed by atoms with Crippen molar-refractivity contribution in [1.82, 2.24) is 14.7 Å². The van der Waals surface area contributed by atoms with Crippen LogP contribution in [-0.2, 0) is 23.5 Å². The Kier molecular flexibility index (Phi) is 4.33. The van der Waals surface area contributed by atoms with E-state index < -0.39 is 0 Å². The number of hydrogen-bond acceptors (Lipinski definition) is 3. The Labute approximate surface area is 166 Å². The van der Waals surface area contributed by atoms with Crippen LogP contribution in [0.2, 0.25) is 0 Å². The Morgan fingerprint density at radius 1 is 0.964 bits per heavy atom. The van der Waals surface area contributed by atoms with Crippen molar-refractivity contribution in [1.29, 1.82) is 0 Å². The minimum atomic E-state index is -0.0641. The van der Waals surface area contributed by atoms with Gasteiger partial charge in [-0.2, -0.15) is 5.10 Å². The van der Waals surface area contributed by atoms with E-state index in [1.807, 2.05) is 6.07 Å². The van der Waals surface area contributed by atoms with Gasteiger partial charge in [-0.3, -0.25) is 4.90 Å². The number of piperidine rings is 1. The van der Waals surface area contributed by atoms with Gasteiger partial charge in [-0.1, -0.05) is 42.5 Å². The smallest absolute Gasteiger partial charge is 0.0963 e. The molecule has 0 amide bonds. The lowest BCUT2D eigenvalue weighted by Crippen LogP contribution is -2.42. The van der Waals surface area contributed by atoms with Crippen LogP contribution in [0.15, 0.2) is 54.6 Å². The molecule has 2 aliphatic rings. The molecule has 5 rings (SSSR count). The number of likely N-dealkylation sites (tertiary alicyclic amines) is 1. The molecule has 144 valence electrons. The van der Waals surface area contributed by atoms with Crippen molar-refractivity contribution in [2.24, 2.45) is 0 Å². The predicted molar refractivity (Wildman–Crippen MR) is 110 cm³/mol.